The molecule has 0 saturated carbocycles. The first-order valence-electron chi connectivity index (χ1n) is 18.7. The molecule has 4 nitrogen and oxygen atoms in total. The molecule has 8 rings (SSSR count). The van der Waals surface area contributed by atoms with Crippen LogP contribution in [0.3, 0.4) is 0 Å². The van der Waals surface area contributed by atoms with Gasteiger partial charge in [0, 0.05) is 48.2 Å². The van der Waals surface area contributed by atoms with Gasteiger partial charge in [0.15, 0.2) is 5.69 Å². The van der Waals surface area contributed by atoms with E-state index in [2.05, 4.69) is 104 Å². The maximum Gasteiger partial charge on any atom is 0.296 e. The number of para-hydroxylation sites is 1. The lowest BCUT2D eigenvalue weighted by atomic mass is 9.62. The van der Waals surface area contributed by atoms with E-state index >= 15 is 0 Å². The van der Waals surface area contributed by atoms with Crippen molar-refractivity contribution in [2.45, 2.75) is 115 Å². The highest BCUT2D eigenvalue weighted by atomic mass is 16.5. The summed E-state index contributed by atoms with van der Waals surface area (Å²) in [6.45, 7) is 15.6. The number of hydrogen-bond donors (Lipinski definition) is 0. The summed E-state index contributed by atoms with van der Waals surface area (Å²) in [4.78, 5) is 0. The molecule has 2 unspecified atom stereocenters. The summed E-state index contributed by atoms with van der Waals surface area (Å²) in [5.74, 6) is 1.01. The van der Waals surface area contributed by atoms with E-state index in [0.717, 1.165) is 71.4 Å². The fourth-order valence-corrected chi connectivity index (χ4v) is 9.91. The molecule has 2 fully saturated rings. The van der Waals surface area contributed by atoms with Crippen LogP contribution in [-0.4, -0.2) is 30.8 Å². The molecule has 4 heteroatoms. The summed E-state index contributed by atoms with van der Waals surface area (Å²) in [5.41, 5.74) is 11.7. The van der Waals surface area contributed by atoms with Gasteiger partial charge in [-0.05, 0) is 98.4 Å². The Hall–Kier alpha value is -3.21. The van der Waals surface area contributed by atoms with Crippen LogP contribution >= 0.6 is 0 Å². The second-order valence-corrected chi connectivity index (χ2v) is 15.1. The van der Waals surface area contributed by atoms with E-state index in [0.29, 0.717) is 11.8 Å². The van der Waals surface area contributed by atoms with Crippen LogP contribution in [0.2, 0.25) is 0 Å². The normalized spacial score (nSPS) is 23.9. The second-order valence-electron chi connectivity index (χ2n) is 15.1. The van der Waals surface area contributed by atoms with E-state index in [4.69, 9.17) is 9.47 Å². The SMILES string of the molecule is CCCCc1ccc(C2CCOCC2)c(-c2c[n+]3c4c5c(cccc5c5ccccc5n24)C(C)(CC)C3(C)CC)c1C1CCOCC1. The topological polar surface area (TPSA) is 26.8 Å². The summed E-state index contributed by atoms with van der Waals surface area (Å²) in [5, 5.41) is 4.17. The number of benzene rings is 3. The molecule has 3 aliphatic rings. The smallest absolute Gasteiger partial charge is 0.296 e. The molecule has 0 radical (unpaired) electrons. The predicted octanol–water partition coefficient (Wildman–Crippen LogP) is 10.1. The average molecular weight is 630 g/mol. The number of aryl methyl sites for hydroxylation is 1. The van der Waals surface area contributed by atoms with Gasteiger partial charge in [-0.1, -0.05) is 82.6 Å². The zero-order valence-corrected chi connectivity index (χ0v) is 29.3. The lowest BCUT2D eigenvalue weighted by Crippen LogP contribution is -2.65. The quantitative estimate of drug-likeness (QED) is 0.126. The third-order valence-corrected chi connectivity index (χ3v) is 13.1. The lowest BCUT2D eigenvalue weighted by molar-refractivity contribution is -0.750. The molecule has 2 saturated heterocycles. The van der Waals surface area contributed by atoms with E-state index in [9.17, 15) is 0 Å². The number of hydrogen-bond acceptors (Lipinski definition) is 2. The van der Waals surface area contributed by atoms with Crippen LogP contribution in [0.1, 0.15) is 120 Å². The van der Waals surface area contributed by atoms with Crippen molar-refractivity contribution in [2.75, 3.05) is 26.4 Å². The largest absolute Gasteiger partial charge is 0.381 e. The Balaban J connectivity index is 1.56. The number of fused-ring (bicyclic) bond motifs is 3. The molecular weight excluding hydrogens is 576 g/mol. The highest BCUT2D eigenvalue weighted by Crippen LogP contribution is 2.52. The van der Waals surface area contributed by atoms with Gasteiger partial charge in [0.05, 0.1) is 5.39 Å². The average Bonchev–Trinajstić information content (AvgIpc) is 3.54. The molecule has 0 spiro atoms. The van der Waals surface area contributed by atoms with Crippen molar-refractivity contribution in [1.82, 2.24) is 4.40 Å². The van der Waals surface area contributed by atoms with Crippen LogP contribution < -0.4 is 4.57 Å². The molecule has 2 aromatic heterocycles. The van der Waals surface area contributed by atoms with Crippen LogP contribution in [0.15, 0.2) is 60.8 Å². The molecule has 2 atom stereocenters. The summed E-state index contributed by atoms with van der Waals surface area (Å²) >= 11 is 0. The van der Waals surface area contributed by atoms with Crippen molar-refractivity contribution in [2.24, 2.45) is 0 Å². The van der Waals surface area contributed by atoms with Gasteiger partial charge in [-0.2, -0.15) is 4.40 Å². The first-order valence-corrected chi connectivity index (χ1v) is 18.7. The van der Waals surface area contributed by atoms with Gasteiger partial charge < -0.3 is 9.47 Å². The molecule has 3 aliphatic heterocycles. The lowest BCUT2D eigenvalue weighted by Gasteiger charge is -2.46. The van der Waals surface area contributed by atoms with Crippen molar-refractivity contribution in [3.05, 3.63) is 83.0 Å². The van der Waals surface area contributed by atoms with E-state index in [1.165, 1.54) is 62.5 Å². The predicted molar refractivity (Wildman–Crippen MR) is 194 cm³/mol. The Labute approximate surface area is 281 Å². The molecule has 0 bridgehead atoms. The summed E-state index contributed by atoms with van der Waals surface area (Å²) in [6.07, 6.45) is 12.7. The van der Waals surface area contributed by atoms with Gasteiger partial charge in [-0.3, -0.25) is 0 Å². The zero-order chi connectivity index (χ0) is 32.3. The molecule has 47 heavy (non-hydrogen) atoms. The fraction of sp³-hybridized carbons (Fsp3) is 0.512. The van der Waals surface area contributed by atoms with Crippen molar-refractivity contribution in [1.29, 1.82) is 0 Å². The third kappa shape index (κ3) is 4.50. The summed E-state index contributed by atoms with van der Waals surface area (Å²) < 4.78 is 17.4. The van der Waals surface area contributed by atoms with Gasteiger partial charge in [0.1, 0.15) is 17.3 Å². The molecule has 3 aromatic carbocycles. The monoisotopic (exact) mass is 629 g/mol. The van der Waals surface area contributed by atoms with Crippen molar-refractivity contribution in [3.63, 3.8) is 0 Å². The Morgan fingerprint density at radius 2 is 1.49 bits per heavy atom. The molecule has 246 valence electrons. The minimum atomic E-state index is -0.0769. The minimum Gasteiger partial charge on any atom is -0.381 e. The summed E-state index contributed by atoms with van der Waals surface area (Å²) in [6, 6.07) is 21.4. The molecule has 0 aliphatic carbocycles. The van der Waals surface area contributed by atoms with Gasteiger partial charge in [0.25, 0.3) is 5.65 Å². The van der Waals surface area contributed by atoms with Crippen molar-refractivity contribution in [3.8, 4) is 11.3 Å². The maximum atomic E-state index is 5.99. The highest BCUT2D eigenvalue weighted by Gasteiger charge is 2.54. The van der Waals surface area contributed by atoms with E-state index in [1.54, 1.807) is 11.1 Å². The van der Waals surface area contributed by atoms with Crippen molar-refractivity contribution < 1.29 is 14.0 Å². The fourth-order valence-electron chi connectivity index (χ4n) is 9.91. The number of nitrogens with zero attached hydrogens (tertiary/aromatic N) is 2. The van der Waals surface area contributed by atoms with Gasteiger partial charge in [0.2, 0.25) is 0 Å². The first kappa shape index (κ1) is 31.1. The number of pyridine rings is 1. The van der Waals surface area contributed by atoms with Crippen LogP contribution in [0.5, 0.6) is 0 Å². The molecular formula is C43H53N2O2+. The Bertz CT molecular complexity index is 1960. The number of unbranched alkanes of at least 4 members (excludes halogenated alkanes) is 1. The highest BCUT2D eigenvalue weighted by molar-refractivity contribution is 6.13. The Morgan fingerprint density at radius 3 is 2.19 bits per heavy atom. The first-order chi connectivity index (χ1) is 23.0. The number of imidazole rings is 1. The Morgan fingerprint density at radius 1 is 0.787 bits per heavy atom. The zero-order valence-electron chi connectivity index (χ0n) is 29.3. The maximum absolute atomic E-state index is 5.99. The van der Waals surface area contributed by atoms with Crippen LogP contribution in [-0.2, 0) is 26.8 Å². The molecule has 0 amide bonds. The molecule has 5 heterocycles. The van der Waals surface area contributed by atoms with Gasteiger partial charge in [-0.15, -0.1) is 0 Å². The van der Waals surface area contributed by atoms with E-state index in [-0.39, 0.29) is 11.0 Å². The molecule has 5 aromatic rings. The summed E-state index contributed by atoms with van der Waals surface area (Å²) in [7, 11) is 0. The van der Waals surface area contributed by atoms with Crippen LogP contribution in [0, 0.1) is 0 Å². The van der Waals surface area contributed by atoms with Crippen LogP contribution in [0.4, 0.5) is 0 Å². The number of rotatable bonds is 8. The van der Waals surface area contributed by atoms with E-state index in [1.807, 2.05) is 0 Å². The molecule has 0 N–H and O–H groups in total. The van der Waals surface area contributed by atoms with Gasteiger partial charge >= 0.3 is 0 Å². The standard InChI is InChI=1S/C43H53N2O2/c1-6-9-13-30-18-19-32(29-20-24-46-25-21-29)40(38(30)31-22-26-47-27-23-31)37-28-44-41-39-34(33-14-10-11-17-36(33)45(37)41)15-12-16-35(39)42(4,7-2)43(44,5)8-3/h10-12,14-19,28-29,31H,6-9,13,20-27H2,1-5H3/q+1. The van der Waals surface area contributed by atoms with Crippen LogP contribution in [0.25, 0.3) is 38.6 Å². The minimum absolute atomic E-state index is 0.00342. The van der Waals surface area contributed by atoms with E-state index < -0.39 is 0 Å². The third-order valence-electron chi connectivity index (χ3n) is 13.1. The van der Waals surface area contributed by atoms with Crippen molar-refractivity contribution >= 4 is 27.3 Å². The Kier molecular flexibility index (Phi) is 7.96. The second kappa shape index (κ2) is 12.0. The van der Waals surface area contributed by atoms with Gasteiger partial charge in [-0.25, -0.2) is 4.57 Å². The number of aromatic nitrogens is 2. The number of ether oxygens (including phenoxy) is 2.